The number of rotatable bonds is 1. The Hall–Kier alpha value is -2.70. The number of benzene rings is 1. The molecule has 1 heterocycles. The van der Waals surface area contributed by atoms with Crippen LogP contribution in [-0.4, -0.2) is 38.7 Å². The van der Waals surface area contributed by atoms with E-state index in [1.807, 2.05) is 0 Å². The van der Waals surface area contributed by atoms with E-state index in [-0.39, 0.29) is 5.75 Å². The predicted octanol–water partition coefficient (Wildman–Crippen LogP) is 0.790. The van der Waals surface area contributed by atoms with Gasteiger partial charge in [-0.25, -0.2) is 9.69 Å². The van der Waals surface area contributed by atoms with E-state index < -0.39 is 29.8 Å². The molecule has 1 N–H and O–H groups in total. The third kappa shape index (κ3) is 2.03. The van der Waals surface area contributed by atoms with Gasteiger partial charge in [-0.2, -0.15) is 4.90 Å². The summed E-state index contributed by atoms with van der Waals surface area (Å²) >= 11 is 0. The minimum Gasteiger partial charge on any atom is -0.508 e. The normalized spacial score (nSPS) is 18.6. The van der Waals surface area contributed by atoms with Crippen LogP contribution in [0.25, 0.3) is 0 Å². The number of carbonyl (C=O) groups is 4. The van der Waals surface area contributed by atoms with Gasteiger partial charge in [0.15, 0.2) is 0 Å². The molecule has 1 aromatic carbocycles. The maximum atomic E-state index is 12.2. The number of phenolic OH excluding ortho intramolecular Hbond substituents is 1. The van der Waals surface area contributed by atoms with Crippen LogP contribution in [-0.2, 0) is 14.4 Å². The molecule has 1 aliphatic rings. The molecule has 7 heteroatoms. The molecular formula is C13H12N2O5. The topological polar surface area (TPSA) is 95.0 Å². The smallest absolute Gasteiger partial charge is 0.341 e. The van der Waals surface area contributed by atoms with Crippen LogP contribution in [0.15, 0.2) is 24.3 Å². The molecule has 5 amide bonds. The zero-order chi connectivity index (χ0) is 15.0. The first-order valence-electron chi connectivity index (χ1n) is 5.82. The zero-order valence-corrected chi connectivity index (χ0v) is 10.9. The fourth-order valence-corrected chi connectivity index (χ4v) is 2.10. The number of urea groups is 1. The van der Waals surface area contributed by atoms with Crippen molar-refractivity contribution in [3.05, 3.63) is 29.8 Å². The highest BCUT2D eigenvalue weighted by Crippen LogP contribution is 2.31. The Morgan fingerprint density at radius 2 is 1.60 bits per heavy atom. The Morgan fingerprint density at radius 3 is 2.05 bits per heavy atom. The minimum atomic E-state index is -1.18. The van der Waals surface area contributed by atoms with Crippen LogP contribution in [0.5, 0.6) is 5.75 Å². The van der Waals surface area contributed by atoms with Crippen LogP contribution in [0.1, 0.15) is 25.5 Å². The molecule has 1 saturated heterocycles. The molecule has 1 atom stereocenters. The molecule has 2 rings (SSSR count). The summed E-state index contributed by atoms with van der Waals surface area (Å²) < 4.78 is 0. The molecule has 0 saturated carbocycles. The van der Waals surface area contributed by atoms with E-state index in [9.17, 15) is 24.3 Å². The van der Waals surface area contributed by atoms with E-state index in [1.165, 1.54) is 24.3 Å². The van der Waals surface area contributed by atoms with E-state index in [4.69, 9.17) is 0 Å². The van der Waals surface area contributed by atoms with Crippen LogP contribution >= 0.6 is 0 Å². The first kappa shape index (κ1) is 13.7. The Bertz CT molecular complexity index is 608. The summed E-state index contributed by atoms with van der Waals surface area (Å²) in [4.78, 5) is 48.3. The average Bonchev–Trinajstić information content (AvgIpc) is 2.62. The number of amides is 5. The molecule has 20 heavy (non-hydrogen) atoms. The van der Waals surface area contributed by atoms with Crippen LogP contribution in [0.3, 0.4) is 0 Å². The van der Waals surface area contributed by atoms with Crippen LogP contribution in [0.4, 0.5) is 4.79 Å². The standard InChI is InChI=1S/C13H12N2O5/c1-7(16)14-11(9-3-5-10(18)6-4-9)12(19)15(8(2)17)13(14)20/h3-6,11,18H,1-2H3/t11-/m1/s1. The van der Waals surface area contributed by atoms with E-state index in [0.717, 1.165) is 18.7 Å². The van der Waals surface area contributed by atoms with Crippen molar-refractivity contribution in [3.8, 4) is 5.75 Å². The molecule has 104 valence electrons. The van der Waals surface area contributed by atoms with E-state index in [2.05, 4.69) is 0 Å². The van der Waals surface area contributed by atoms with Gasteiger partial charge >= 0.3 is 6.03 Å². The highest BCUT2D eigenvalue weighted by molar-refractivity contribution is 6.20. The Morgan fingerprint density at radius 1 is 1.05 bits per heavy atom. The SMILES string of the molecule is CC(=O)N1C(=O)[C@@H](c2ccc(O)cc2)N(C(C)=O)C1=O. The fourth-order valence-electron chi connectivity index (χ4n) is 2.10. The first-order valence-corrected chi connectivity index (χ1v) is 5.82. The molecular weight excluding hydrogens is 264 g/mol. The third-order valence-corrected chi connectivity index (χ3v) is 2.97. The molecule has 1 aromatic rings. The number of carbonyl (C=O) groups excluding carboxylic acids is 4. The zero-order valence-electron chi connectivity index (χ0n) is 10.9. The molecule has 1 aliphatic heterocycles. The van der Waals surface area contributed by atoms with Gasteiger partial charge in [-0.15, -0.1) is 0 Å². The fraction of sp³-hybridized carbons (Fsp3) is 0.231. The monoisotopic (exact) mass is 276 g/mol. The lowest BCUT2D eigenvalue weighted by atomic mass is 10.1. The van der Waals surface area contributed by atoms with Gasteiger partial charge in [0, 0.05) is 13.8 Å². The van der Waals surface area contributed by atoms with Crippen molar-refractivity contribution in [1.29, 1.82) is 0 Å². The second-order valence-corrected chi connectivity index (χ2v) is 4.36. The van der Waals surface area contributed by atoms with Crippen molar-refractivity contribution in [3.63, 3.8) is 0 Å². The molecule has 0 radical (unpaired) electrons. The predicted molar refractivity (Wildman–Crippen MR) is 66.3 cm³/mol. The van der Waals surface area contributed by atoms with Gasteiger partial charge in [-0.3, -0.25) is 14.4 Å². The lowest BCUT2D eigenvalue weighted by Gasteiger charge is -2.18. The number of imide groups is 4. The molecule has 0 aromatic heterocycles. The number of hydrogen-bond acceptors (Lipinski definition) is 5. The number of hydrogen-bond donors (Lipinski definition) is 1. The molecule has 0 unspecified atom stereocenters. The third-order valence-electron chi connectivity index (χ3n) is 2.97. The van der Waals surface area contributed by atoms with Crippen molar-refractivity contribution < 1.29 is 24.3 Å². The number of nitrogens with zero attached hydrogens (tertiary/aromatic N) is 2. The molecule has 0 aliphatic carbocycles. The van der Waals surface area contributed by atoms with E-state index in [0.29, 0.717) is 10.5 Å². The Balaban J connectivity index is 2.51. The van der Waals surface area contributed by atoms with Crippen LogP contribution in [0.2, 0.25) is 0 Å². The Kier molecular flexibility index (Phi) is 3.27. The Labute approximate surface area is 114 Å². The summed E-state index contributed by atoms with van der Waals surface area (Å²) in [6, 6.07) is 3.39. The summed E-state index contributed by atoms with van der Waals surface area (Å²) in [6.07, 6.45) is 0. The minimum absolute atomic E-state index is 0.0108. The largest absolute Gasteiger partial charge is 0.508 e. The van der Waals surface area contributed by atoms with Gasteiger partial charge in [-0.1, -0.05) is 12.1 Å². The van der Waals surface area contributed by atoms with Gasteiger partial charge < -0.3 is 5.11 Å². The second-order valence-electron chi connectivity index (χ2n) is 4.36. The van der Waals surface area contributed by atoms with Gasteiger partial charge in [0.2, 0.25) is 11.8 Å². The van der Waals surface area contributed by atoms with Gasteiger partial charge in [0.25, 0.3) is 5.91 Å². The van der Waals surface area contributed by atoms with Crippen molar-refractivity contribution >= 4 is 23.8 Å². The van der Waals surface area contributed by atoms with Crippen molar-refractivity contribution in [1.82, 2.24) is 9.80 Å². The van der Waals surface area contributed by atoms with Gasteiger partial charge in [0.05, 0.1) is 0 Å². The summed E-state index contributed by atoms with van der Waals surface area (Å²) in [5.41, 5.74) is 0.347. The molecule has 7 nitrogen and oxygen atoms in total. The average molecular weight is 276 g/mol. The lowest BCUT2D eigenvalue weighted by molar-refractivity contribution is -0.139. The second kappa shape index (κ2) is 4.76. The van der Waals surface area contributed by atoms with E-state index >= 15 is 0 Å². The maximum absolute atomic E-state index is 12.2. The lowest BCUT2D eigenvalue weighted by Crippen LogP contribution is -2.38. The number of phenols is 1. The van der Waals surface area contributed by atoms with Crippen molar-refractivity contribution in [2.45, 2.75) is 19.9 Å². The number of aromatic hydroxyl groups is 1. The van der Waals surface area contributed by atoms with Crippen LogP contribution in [0, 0.1) is 0 Å². The van der Waals surface area contributed by atoms with Crippen molar-refractivity contribution in [2.75, 3.05) is 0 Å². The summed E-state index contributed by atoms with van der Waals surface area (Å²) in [7, 11) is 0. The van der Waals surface area contributed by atoms with Crippen molar-refractivity contribution in [2.24, 2.45) is 0 Å². The molecule has 1 fully saturated rings. The van der Waals surface area contributed by atoms with E-state index in [1.54, 1.807) is 0 Å². The quantitative estimate of drug-likeness (QED) is 0.765. The highest BCUT2D eigenvalue weighted by atomic mass is 16.3. The molecule has 0 bridgehead atoms. The first-order chi connectivity index (χ1) is 9.34. The summed E-state index contributed by atoms with van der Waals surface area (Å²) in [5.74, 6) is -2.16. The summed E-state index contributed by atoms with van der Waals surface area (Å²) in [5, 5.41) is 9.24. The maximum Gasteiger partial charge on any atom is 0.341 e. The van der Waals surface area contributed by atoms with Gasteiger partial charge in [-0.05, 0) is 17.7 Å². The molecule has 0 spiro atoms. The van der Waals surface area contributed by atoms with Gasteiger partial charge in [0.1, 0.15) is 11.8 Å². The highest BCUT2D eigenvalue weighted by Gasteiger charge is 2.49. The summed E-state index contributed by atoms with van der Waals surface area (Å²) in [6.45, 7) is 2.22. The van der Waals surface area contributed by atoms with Crippen LogP contribution < -0.4 is 0 Å².